The van der Waals surface area contributed by atoms with Gasteiger partial charge in [-0.2, -0.15) is 0 Å². The van der Waals surface area contributed by atoms with E-state index in [1.165, 1.54) is 12.8 Å². The van der Waals surface area contributed by atoms with Crippen LogP contribution >= 0.6 is 0 Å². The maximum Gasteiger partial charge on any atom is 0.0275 e. The highest BCUT2D eigenvalue weighted by Gasteiger charge is 2.41. The Morgan fingerprint density at radius 3 is 2.00 bits per heavy atom. The van der Waals surface area contributed by atoms with E-state index in [-0.39, 0.29) is 5.54 Å². The Morgan fingerprint density at radius 1 is 1.03 bits per heavy atom. The van der Waals surface area contributed by atoms with Crippen LogP contribution < -0.4 is 0 Å². The monoisotopic (exact) mass is 429 g/mol. The summed E-state index contributed by atoms with van der Waals surface area (Å²) in [7, 11) is 0. The van der Waals surface area contributed by atoms with Crippen molar-refractivity contribution in [1.82, 2.24) is 4.90 Å². The van der Waals surface area contributed by atoms with E-state index < -0.39 is 0 Å². The smallest absolute Gasteiger partial charge is 0.0275 e. The summed E-state index contributed by atoms with van der Waals surface area (Å²) < 4.78 is 0. The first kappa shape index (κ1) is 29.9. The highest BCUT2D eigenvalue weighted by Crippen LogP contribution is 2.39. The molecule has 0 spiro atoms. The summed E-state index contributed by atoms with van der Waals surface area (Å²) in [6.07, 6.45) is 13.2. The van der Waals surface area contributed by atoms with E-state index >= 15 is 0 Å². The number of rotatable bonds is 14. The van der Waals surface area contributed by atoms with Gasteiger partial charge in [0.2, 0.25) is 0 Å². The van der Waals surface area contributed by atoms with E-state index in [1.807, 2.05) is 0 Å². The molecule has 0 aliphatic heterocycles. The number of nitrogens with zero attached hydrogens (tertiary/aromatic N) is 1. The highest BCUT2D eigenvalue weighted by molar-refractivity contribution is 5.17. The summed E-state index contributed by atoms with van der Waals surface area (Å²) in [6.45, 7) is 35.1. The van der Waals surface area contributed by atoms with Gasteiger partial charge < -0.3 is 0 Å². The molecular formula is C30H55N. The molecule has 0 aliphatic rings. The van der Waals surface area contributed by atoms with Gasteiger partial charge in [-0.3, -0.25) is 4.90 Å². The maximum absolute atomic E-state index is 4.20. The molecule has 0 aliphatic carbocycles. The van der Waals surface area contributed by atoms with Crippen LogP contribution in [0.15, 0.2) is 48.6 Å². The second-order valence-electron chi connectivity index (χ2n) is 11.1. The van der Waals surface area contributed by atoms with Gasteiger partial charge in [0.05, 0.1) is 0 Å². The van der Waals surface area contributed by atoms with Crippen molar-refractivity contribution in [2.75, 3.05) is 6.54 Å². The van der Waals surface area contributed by atoms with E-state index in [4.69, 9.17) is 0 Å². The molecule has 0 aromatic rings. The van der Waals surface area contributed by atoms with Crippen molar-refractivity contribution >= 4 is 0 Å². The zero-order valence-corrected chi connectivity index (χ0v) is 23.0. The van der Waals surface area contributed by atoms with Crippen molar-refractivity contribution in [3.8, 4) is 0 Å². The lowest BCUT2D eigenvalue weighted by Gasteiger charge is -2.51. The molecule has 0 saturated carbocycles. The first-order chi connectivity index (χ1) is 14.3. The van der Waals surface area contributed by atoms with Crippen LogP contribution in [0.1, 0.15) is 102 Å². The zero-order chi connectivity index (χ0) is 24.4. The quantitative estimate of drug-likeness (QED) is 0.249. The molecule has 0 radical (unpaired) electrons. The third-order valence-electron chi connectivity index (χ3n) is 7.91. The lowest BCUT2D eigenvalue weighted by atomic mass is 9.72. The fourth-order valence-electron chi connectivity index (χ4n) is 5.17. The summed E-state index contributed by atoms with van der Waals surface area (Å²) in [5.41, 5.74) is 3.61. The minimum atomic E-state index is 0.0404. The van der Waals surface area contributed by atoms with Crippen LogP contribution in [0.5, 0.6) is 0 Å². The van der Waals surface area contributed by atoms with E-state index in [1.54, 1.807) is 11.1 Å². The molecule has 1 nitrogen and oxygen atoms in total. The first-order valence-corrected chi connectivity index (χ1v) is 12.6. The van der Waals surface area contributed by atoms with Crippen LogP contribution in [-0.2, 0) is 0 Å². The summed E-state index contributed by atoms with van der Waals surface area (Å²) in [4.78, 5) is 2.74. The van der Waals surface area contributed by atoms with Gasteiger partial charge in [0.25, 0.3) is 0 Å². The third kappa shape index (κ3) is 8.08. The van der Waals surface area contributed by atoms with Crippen LogP contribution in [0.25, 0.3) is 0 Å². The number of hydrogen-bond donors (Lipinski definition) is 0. The fourth-order valence-corrected chi connectivity index (χ4v) is 5.17. The summed E-state index contributed by atoms with van der Waals surface area (Å²) in [5, 5.41) is 0. The van der Waals surface area contributed by atoms with E-state index in [0.717, 1.165) is 19.4 Å². The molecule has 180 valence electrons. The molecule has 0 aromatic heterocycles. The van der Waals surface area contributed by atoms with E-state index in [2.05, 4.69) is 119 Å². The highest BCUT2D eigenvalue weighted by atomic mass is 15.2. The molecule has 0 aromatic carbocycles. The lowest BCUT2D eigenvalue weighted by Crippen LogP contribution is -2.58. The number of hydrogen-bond acceptors (Lipinski definition) is 1. The van der Waals surface area contributed by atoms with E-state index in [0.29, 0.717) is 29.2 Å². The molecule has 4 atom stereocenters. The fraction of sp³-hybridized carbons (Fsp3) is 0.733. The molecule has 4 unspecified atom stereocenters. The van der Waals surface area contributed by atoms with Crippen molar-refractivity contribution in [3.05, 3.63) is 48.6 Å². The van der Waals surface area contributed by atoms with Crippen molar-refractivity contribution in [3.63, 3.8) is 0 Å². The molecule has 0 heterocycles. The zero-order valence-electron chi connectivity index (χ0n) is 23.0. The van der Waals surface area contributed by atoms with Gasteiger partial charge in [-0.25, -0.2) is 0 Å². The topological polar surface area (TPSA) is 3.24 Å². The lowest BCUT2D eigenvalue weighted by molar-refractivity contribution is 0.00651. The predicted octanol–water partition coefficient (Wildman–Crippen LogP) is 9.23. The average molecular weight is 430 g/mol. The Hall–Kier alpha value is -1.08. The summed E-state index contributed by atoms with van der Waals surface area (Å²) >= 11 is 0. The molecule has 0 bridgehead atoms. The van der Waals surface area contributed by atoms with Crippen LogP contribution in [0.4, 0.5) is 0 Å². The van der Waals surface area contributed by atoms with Crippen molar-refractivity contribution in [2.24, 2.45) is 23.2 Å². The van der Waals surface area contributed by atoms with Crippen molar-refractivity contribution in [2.45, 2.75) is 113 Å². The Bertz CT molecular complexity index is 600. The van der Waals surface area contributed by atoms with Gasteiger partial charge in [0.15, 0.2) is 0 Å². The molecule has 0 N–H and O–H groups in total. The number of allylic oxidation sites excluding steroid dienone is 4. The van der Waals surface area contributed by atoms with E-state index in [9.17, 15) is 0 Å². The third-order valence-corrected chi connectivity index (χ3v) is 7.91. The molecule has 0 saturated heterocycles. The van der Waals surface area contributed by atoms with Crippen LogP contribution in [0.3, 0.4) is 0 Å². The average Bonchev–Trinajstić information content (AvgIpc) is 2.68. The van der Waals surface area contributed by atoms with Gasteiger partial charge >= 0.3 is 0 Å². The molecule has 0 rings (SSSR count). The van der Waals surface area contributed by atoms with Gasteiger partial charge in [-0.1, -0.05) is 83.9 Å². The predicted molar refractivity (Wildman–Crippen MR) is 144 cm³/mol. The minimum Gasteiger partial charge on any atom is -0.291 e. The Balaban J connectivity index is 5.86. The van der Waals surface area contributed by atoms with Gasteiger partial charge in [-0.05, 0) is 83.1 Å². The molecule has 31 heavy (non-hydrogen) atoms. The largest absolute Gasteiger partial charge is 0.291 e. The minimum absolute atomic E-state index is 0.0404. The van der Waals surface area contributed by atoms with Gasteiger partial charge in [0.1, 0.15) is 0 Å². The first-order valence-electron chi connectivity index (χ1n) is 12.6. The van der Waals surface area contributed by atoms with Crippen LogP contribution in [0.2, 0.25) is 0 Å². The summed E-state index contributed by atoms with van der Waals surface area (Å²) in [5.74, 6) is 1.53. The molecule has 0 fully saturated rings. The molecular weight excluding hydrogens is 374 g/mol. The van der Waals surface area contributed by atoms with Crippen LogP contribution in [0, 0.1) is 23.2 Å². The molecule has 1 heteroatoms. The second kappa shape index (κ2) is 13.5. The van der Waals surface area contributed by atoms with Crippen molar-refractivity contribution in [1.29, 1.82) is 0 Å². The SMILES string of the molecule is C=CCC(C=C)C(C)(C(C)C)N(CCCC(C)=C(CC)C(C)C(C)(C)C)C(C)C=CC. The Labute approximate surface area is 196 Å². The van der Waals surface area contributed by atoms with Gasteiger partial charge in [-0.15, -0.1) is 13.2 Å². The maximum atomic E-state index is 4.20. The van der Waals surface area contributed by atoms with Gasteiger partial charge in [0, 0.05) is 11.6 Å². The van der Waals surface area contributed by atoms with Crippen molar-refractivity contribution < 1.29 is 0 Å². The van der Waals surface area contributed by atoms with Crippen LogP contribution in [-0.4, -0.2) is 23.0 Å². The summed E-state index contributed by atoms with van der Waals surface area (Å²) in [6, 6.07) is 0.396. The molecule has 0 amide bonds. The standard InChI is InChI=1S/C30H55N/c1-14-19-25(8)31(30(13,23(5)6)27(16-3)20-15-2)22-18-21-24(7)28(17-4)26(9)29(10,11)12/h14-16,19,23,25-27H,2-3,17-18,20-22H2,1,4-13H3. The normalized spacial score (nSPS) is 18.6. The Kier molecular flexibility index (Phi) is 13.0. The Morgan fingerprint density at radius 2 is 1.61 bits per heavy atom. The second-order valence-corrected chi connectivity index (χ2v) is 11.1.